The summed E-state index contributed by atoms with van der Waals surface area (Å²) in [6, 6.07) is 0. The van der Waals surface area contributed by atoms with E-state index in [2.05, 4.69) is 27.8 Å². The van der Waals surface area contributed by atoms with Crippen LogP contribution in [-0.2, 0) is 0 Å². The zero-order chi connectivity index (χ0) is 7.11. The zero-order valence-electron chi connectivity index (χ0n) is 5.72. The molecular weight excluding hydrogens is 134 g/mol. The number of thiocarbonyl (C=S) groups is 1. The summed E-state index contributed by atoms with van der Waals surface area (Å²) >= 11 is 4.40. The van der Waals surface area contributed by atoms with Crippen LogP contribution in [0.25, 0.3) is 0 Å². The standard InChI is InChI=1S/C5H11N3S/c1-6-3-4-8(2)7-5-9/h6H,3-4H2,1-2H3. The summed E-state index contributed by atoms with van der Waals surface area (Å²) in [5, 5.41) is 10.7. The minimum atomic E-state index is 0.861. The van der Waals surface area contributed by atoms with E-state index in [0.29, 0.717) is 0 Å². The predicted octanol–water partition coefficient (Wildman–Crippen LogP) is 0.155. The number of isothiocyanates is 1. The van der Waals surface area contributed by atoms with Gasteiger partial charge in [-0.25, -0.2) is 0 Å². The topological polar surface area (TPSA) is 27.6 Å². The second-order valence-electron chi connectivity index (χ2n) is 1.68. The first-order valence-electron chi connectivity index (χ1n) is 2.74. The van der Waals surface area contributed by atoms with E-state index in [1.165, 1.54) is 0 Å². The first-order valence-corrected chi connectivity index (χ1v) is 3.15. The number of likely N-dealkylation sites (N-methyl/N-ethyl adjacent to an activating group) is 2. The summed E-state index contributed by atoms with van der Waals surface area (Å²) in [5.41, 5.74) is 0. The molecule has 0 amide bonds. The van der Waals surface area contributed by atoms with Crippen LogP contribution in [0.2, 0.25) is 0 Å². The maximum atomic E-state index is 4.40. The molecule has 0 aliphatic heterocycles. The molecule has 4 heteroatoms. The molecule has 0 rings (SSSR count). The minimum absolute atomic E-state index is 0.861. The molecule has 0 heterocycles. The molecule has 0 bridgehead atoms. The van der Waals surface area contributed by atoms with Crippen molar-refractivity contribution in [2.45, 2.75) is 0 Å². The fraction of sp³-hybridized carbons (Fsp3) is 0.800. The Hall–Kier alpha value is -0.440. The van der Waals surface area contributed by atoms with Crippen molar-refractivity contribution in [1.82, 2.24) is 10.3 Å². The molecule has 0 atom stereocenters. The molecular formula is C5H11N3S. The molecule has 0 aliphatic carbocycles. The normalized spacial score (nSPS) is 8.22. The van der Waals surface area contributed by atoms with Gasteiger partial charge in [0, 0.05) is 20.1 Å². The number of rotatable bonds is 4. The van der Waals surface area contributed by atoms with Crippen molar-refractivity contribution in [1.29, 1.82) is 0 Å². The lowest BCUT2D eigenvalue weighted by Gasteiger charge is -2.08. The number of hydrogen-bond acceptors (Lipinski definition) is 4. The third-order valence-corrected chi connectivity index (χ3v) is 0.979. The summed E-state index contributed by atoms with van der Waals surface area (Å²) in [7, 11) is 3.76. The van der Waals surface area contributed by atoms with Gasteiger partial charge in [0.1, 0.15) is 0 Å². The van der Waals surface area contributed by atoms with Gasteiger partial charge in [0.2, 0.25) is 0 Å². The molecule has 0 aromatic rings. The second-order valence-corrected chi connectivity index (χ2v) is 1.86. The smallest absolute Gasteiger partial charge is 0.0846 e. The van der Waals surface area contributed by atoms with Gasteiger partial charge in [-0.2, -0.15) is 0 Å². The van der Waals surface area contributed by atoms with Gasteiger partial charge in [-0.15, -0.1) is 5.10 Å². The average molecular weight is 145 g/mol. The lowest BCUT2D eigenvalue weighted by molar-refractivity contribution is 0.358. The Kier molecular flexibility index (Phi) is 5.41. The molecule has 3 nitrogen and oxygen atoms in total. The van der Waals surface area contributed by atoms with Crippen LogP contribution in [-0.4, -0.2) is 37.4 Å². The monoisotopic (exact) mass is 145 g/mol. The third-order valence-electron chi connectivity index (χ3n) is 0.897. The van der Waals surface area contributed by atoms with Gasteiger partial charge in [0.25, 0.3) is 0 Å². The maximum absolute atomic E-state index is 4.40. The van der Waals surface area contributed by atoms with E-state index >= 15 is 0 Å². The Labute approximate surface area is 60.7 Å². The third kappa shape index (κ3) is 5.43. The van der Waals surface area contributed by atoms with Crippen LogP contribution in [0.15, 0.2) is 5.10 Å². The number of nitrogens with zero attached hydrogens (tertiary/aromatic N) is 2. The lowest BCUT2D eigenvalue weighted by atomic mass is 10.6. The van der Waals surface area contributed by atoms with Crippen molar-refractivity contribution in [3.8, 4) is 0 Å². The highest BCUT2D eigenvalue weighted by Gasteiger charge is 1.86. The fourth-order valence-electron chi connectivity index (χ4n) is 0.393. The van der Waals surface area contributed by atoms with Gasteiger partial charge in [-0.05, 0) is 19.3 Å². The highest BCUT2D eigenvalue weighted by molar-refractivity contribution is 7.78. The molecule has 0 aromatic heterocycles. The average Bonchev–Trinajstić information content (AvgIpc) is 1.85. The first kappa shape index (κ1) is 8.56. The van der Waals surface area contributed by atoms with Crippen molar-refractivity contribution in [3.05, 3.63) is 0 Å². The Balaban J connectivity index is 3.26. The summed E-state index contributed by atoms with van der Waals surface area (Å²) in [4.78, 5) is 0. The Morgan fingerprint density at radius 1 is 1.78 bits per heavy atom. The predicted molar refractivity (Wildman–Crippen MR) is 41.6 cm³/mol. The molecule has 0 fully saturated rings. The molecule has 0 radical (unpaired) electrons. The van der Waals surface area contributed by atoms with Gasteiger partial charge < -0.3 is 5.32 Å². The Morgan fingerprint density at radius 3 is 2.89 bits per heavy atom. The van der Waals surface area contributed by atoms with Crippen LogP contribution in [0.5, 0.6) is 0 Å². The van der Waals surface area contributed by atoms with Crippen LogP contribution in [0, 0.1) is 0 Å². The molecule has 0 saturated carbocycles. The quantitative estimate of drug-likeness (QED) is 0.347. The van der Waals surface area contributed by atoms with Crippen LogP contribution in [0.4, 0.5) is 0 Å². The van der Waals surface area contributed by atoms with E-state index in [0.717, 1.165) is 13.1 Å². The van der Waals surface area contributed by atoms with E-state index in [-0.39, 0.29) is 0 Å². The molecule has 9 heavy (non-hydrogen) atoms. The van der Waals surface area contributed by atoms with E-state index in [1.807, 2.05) is 14.1 Å². The van der Waals surface area contributed by atoms with Gasteiger partial charge in [-0.1, -0.05) is 0 Å². The number of nitrogens with one attached hydrogen (secondary N) is 1. The highest BCUT2D eigenvalue weighted by atomic mass is 32.1. The Morgan fingerprint density at radius 2 is 2.44 bits per heavy atom. The number of hydrazone groups is 1. The fourth-order valence-corrected chi connectivity index (χ4v) is 0.533. The minimum Gasteiger partial charge on any atom is -0.318 e. The van der Waals surface area contributed by atoms with Crippen LogP contribution < -0.4 is 5.32 Å². The van der Waals surface area contributed by atoms with E-state index in [9.17, 15) is 0 Å². The summed E-state index contributed by atoms with van der Waals surface area (Å²) in [6.07, 6.45) is 0. The maximum Gasteiger partial charge on any atom is 0.0846 e. The van der Waals surface area contributed by atoms with E-state index < -0.39 is 0 Å². The van der Waals surface area contributed by atoms with E-state index in [4.69, 9.17) is 0 Å². The van der Waals surface area contributed by atoms with Gasteiger partial charge in [0.15, 0.2) is 0 Å². The SMILES string of the molecule is CNCCN(C)N=C=S. The molecule has 0 saturated heterocycles. The van der Waals surface area contributed by atoms with Crippen LogP contribution in [0.1, 0.15) is 0 Å². The summed E-state index contributed by atoms with van der Waals surface area (Å²) < 4.78 is 0. The first-order chi connectivity index (χ1) is 4.31. The molecule has 0 spiro atoms. The second kappa shape index (κ2) is 5.69. The lowest BCUT2D eigenvalue weighted by Crippen LogP contribution is -2.22. The number of hydrogen-bond donors (Lipinski definition) is 1. The molecule has 0 aromatic carbocycles. The van der Waals surface area contributed by atoms with Crippen molar-refractivity contribution in [2.24, 2.45) is 5.10 Å². The van der Waals surface area contributed by atoms with Crippen molar-refractivity contribution >= 4 is 17.4 Å². The van der Waals surface area contributed by atoms with Gasteiger partial charge in [0.05, 0.1) is 5.16 Å². The van der Waals surface area contributed by atoms with Crippen molar-refractivity contribution in [3.63, 3.8) is 0 Å². The van der Waals surface area contributed by atoms with Crippen molar-refractivity contribution in [2.75, 3.05) is 27.2 Å². The molecule has 52 valence electrons. The zero-order valence-corrected chi connectivity index (χ0v) is 6.53. The largest absolute Gasteiger partial charge is 0.318 e. The molecule has 1 N–H and O–H groups in total. The summed E-state index contributed by atoms with van der Waals surface area (Å²) in [5.74, 6) is 0. The highest BCUT2D eigenvalue weighted by Crippen LogP contribution is 1.77. The van der Waals surface area contributed by atoms with E-state index in [1.54, 1.807) is 5.01 Å². The summed E-state index contributed by atoms with van der Waals surface area (Å²) in [6.45, 7) is 1.77. The van der Waals surface area contributed by atoms with Crippen LogP contribution in [0.3, 0.4) is 0 Å². The van der Waals surface area contributed by atoms with Crippen molar-refractivity contribution < 1.29 is 0 Å². The van der Waals surface area contributed by atoms with Gasteiger partial charge >= 0.3 is 0 Å². The van der Waals surface area contributed by atoms with Gasteiger partial charge in [-0.3, -0.25) is 5.01 Å². The van der Waals surface area contributed by atoms with Crippen LogP contribution >= 0.6 is 12.2 Å². The Bertz CT molecular complexity index is 109. The molecule has 0 unspecified atom stereocenters. The molecule has 0 aliphatic rings.